The summed E-state index contributed by atoms with van der Waals surface area (Å²) in [6.07, 6.45) is 6.45. The van der Waals surface area contributed by atoms with Crippen molar-refractivity contribution in [1.29, 1.82) is 0 Å². The molecule has 4 heteroatoms. The molecule has 1 aromatic rings. The highest BCUT2D eigenvalue weighted by Crippen LogP contribution is 2.04. The number of rotatable bonds is 10. The van der Waals surface area contributed by atoms with E-state index in [4.69, 9.17) is 0 Å². The van der Waals surface area contributed by atoms with Crippen LogP contribution in [0.15, 0.2) is 29.3 Å². The molecular weight excluding hydrogens is 284 g/mol. The maximum atomic E-state index is 4.28. The van der Waals surface area contributed by atoms with Crippen molar-refractivity contribution in [3.63, 3.8) is 0 Å². The van der Waals surface area contributed by atoms with E-state index in [0.29, 0.717) is 0 Å². The van der Waals surface area contributed by atoms with Crippen LogP contribution >= 0.6 is 0 Å². The fraction of sp³-hybridized carbons (Fsp3) is 0.632. The normalized spacial score (nSPS) is 11.8. The summed E-state index contributed by atoms with van der Waals surface area (Å²) in [4.78, 5) is 6.54. The molecule has 0 saturated heterocycles. The lowest BCUT2D eigenvalue weighted by atomic mass is 10.1. The highest BCUT2D eigenvalue weighted by atomic mass is 15.2. The third-order valence-electron chi connectivity index (χ3n) is 3.84. The third-order valence-corrected chi connectivity index (χ3v) is 3.84. The first-order valence-electron chi connectivity index (χ1n) is 8.76. The highest BCUT2D eigenvalue weighted by Gasteiger charge is 1.98. The van der Waals surface area contributed by atoms with E-state index in [0.717, 1.165) is 19.0 Å². The van der Waals surface area contributed by atoms with Crippen LogP contribution in [0.25, 0.3) is 0 Å². The monoisotopic (exact) mass is 318 g/mol. The van der Waals surface area contributed by atoms with Gasteiger partial charge in [-0.25, -0.2) is 0 Å². The first-order valence-corrected chi connectivity index (χ1v) is 8.76. The summed E-state index contributed by atoms with van der Waals surface area (Å²) in [5.41, 5.74) is 2.58. The van der Waals surface area contributed by atoms with Crippen LogP contribution in [0.2, 0.25) is 0 Å². The van der Waals surface area contributed by atoms with Gasteiger partial charge in [0, 0.05) is 20.1 Å². The van der Waals surface area contributed by atoms with Crippen LogP contribution in [0, 0.1) is 6.92 Å². The molecule has 0 aliphatic carbocycles. The molecule has 0 aliphatic rings. The Labute approximate surface area is 142 Å². The van der Waals surface area contributed by atoms with Gasteiger partial charge in [0.25, 0.3) is 0 Å². The molecule has 0 radical (unpaired) electrons. The minimum absolute atomic E-state index is 0.811. The Kier molecular flexibility index (Phi) is 10.1. The molecule has 0 fully saturated rings. The lowest BCUT2D eigenvalue weighted by Crippen LogP contribution is -2.37. The van der Waals surface area contributed by atoms with Gasteiger partial charge in [-0.2, -0.15) is 0 Å². The summed E-state index contributed by atoms with van der Waals surface area (Å²) in [6, 6.07) is 8.56. The topological polar surface area (TPSA) is 39.7 Å². The van der Waals surface area contributed by atoms with Gasteiger partial charge in [-0.15, -0.1) is 0 Å². The number of nitrogens with zero attached hydrogens (tertiary/aromatic N) is 2. The van der Waals surface area contributed by atoms with Crippen molar-refractivity contribution in [3.8, 4) is 0 Å². The summed E-state index contributed by atoms with van der Waals surface area (Å²) < 4.78 is 0. The van der Waals surface area contributed by atoms with Crippen LogP contribution in [-0.4, -0.2) is 45.1 Å². The van der Waals surface area contributed by atoms with Crippen LogP contribution in [0.4, 0.5) is 0 Å². The average Bonchev–Trinajstić information content (AvgIpc) is 2.52. The van der Waals surface area contributed by atoms with Crippen LogP contribution in [0.1, 0.15) is 43.2 Å². The first-order chi connectivity index (χ1) is 11.1. The molecule has 2 N–H and O–H groups in total. The zero-order valence-electron chi connectivity index (χ0n) is 15.4. The number of aliphatic imine (C=N–C) groups is 1. The molecule has 0 saturated carbocycles. The summed E-state index contributed by atoms with van der Waals surface area (Å²) in [7, 11) is 6.10. The van der Waals surface area contributed by atoms with Gasteiger partial charge in [-0.1, -0.05) is 49.1 Å². The standard InChI is InChI=1S/C19H34N4/c1-17-11-10-12-18(15-17)16-22-19(20-2)21-13-8-6-5-7-9-14-23(3)4/h10-12,15H,5-9,13-14,16H2,1-4H3,(H2,20,21,22). The maximum Gasteiger partial charge on any atom is 0.191 e. The van der Waals surface area contributed by atoms with E-state index in [1.54, 1.807) is 0 Å². The van der Waals surface area contributed by atoms with Gasteiger partial charge in [0.1, 0.15) is 0 Å². The SMILES string of the molecule is CN=C(NCCCCCCCN(C)C)NCc1cccc(C)c1. The predicted molar refractivity (Wildman–Crippen MR) is 101 cm³/mol. The van der Waals surface area contributed by atoms with Crippen LogP contribution < -0.4 is 10.6 Å². The van der Waals surface area contributed by atoms with E-state index >= 15 is 0 Å². The van der Waals surface area contributed by atoms with Crippen molar-refractivity contribution in [2.24, 2.45) is 4.99 Å². The number of benzene rings is 1. The number of aryl methyl sites for hydroxylation is 1. The Morgan fingerprint density at radius 1 is 1.04 bits per heavy atom. The molecule has 4 nitrogen and oxygen atoms in total. The second-order valence-corrected chi connectivity index (χ2v) is 6.41. The lowest BCUT2D eigenvalue weighted by Gasteiger charge is -2.12. The molecule has 0 bridgehead atoms. The minimum Gasteiger partial charge on any atom is -0.356 e. The van der Waals surface area contributed by atoms with Gasteiger partial charge in [-0.3, -0.25) is 4.99 Å². The Hall–Kier alpha value is -1.55. The summed E-state index contributed by atoms with van der Waals surface area (Å²) in [5, 5.41) is 6.76. The summed E-state index contributed by atoms with van der Waals surface area (Å²) in [5.74, 6) is 0.888. The molecule has 0 spiro atoms. The first kappa shape index (κ1) is 19.5. The molecule has 0 amide bonds. The van der Waals surface area contributed by atoms with Crippen molar-refractivity contribution >= 4 is 5.96 Å². The number of hydrogen-bond donors (Lipinski definition) is 2. The van der Waals surface area contributed by atoms with Crippen LogP contribution in [-0.2, 0) is 6.54 Å². The molecular formula is C19H34N4. The molecule has 1 rings (SSSR count). The summed E-state index contributed by atoms with van der Waals surface area (Å²) >= 11 is 0. The largest absolute Gasteiger partial charge is 0.356 e. The van der Waals surface area contributed by atoms with E-state index < -0.39 is 0 Å². The van der Waals surface area contributed by atoms with Gasteiger partial charge in [-0.05, 0) is 46.0 Å². The van der Waals surface area contributed by atoms with Gasteiger partial charge < -0.3 is 15.5 Å². The molecule has 0 aliphatic heterocycles. The quantitative estimate of drug-likeness (QED) is 0.395. The van der Waals surface area contributed by atoms with Crippen LogP contribution in [0.5, 0.6) is 0 Å². The number of nitrogens with one attached hydrogen (secondary N) is 2. The average molecular weight is 319 g/mol. The Morgan fingerprint density at radius 3 is 2.48 bits per heavy atom. The third kappa shape index (κ3) is 9.95. The fourth-order valence-corrected chi connectivity index (χ4v) is 2.52. The zero-order chi connectivity index (χ0) is 16.9. The number of guanidine groups is 1. The lowest BCUT2D eigenvalue weighted by molar-refractivity contribution is 0.389. The van der Waals surface area contributed by atoms with Crippen molar-refractivity contribution in [3.05, 3.63) is 35.4 Å². The second kappa shape index (κ2) is 11.9. The Bertz CT molecular complexity index is 454. The molecule has 130 valence electrons. The summed E-state index contributed by atoms with van der Waals surface area (Å²) in [6.45, 7) is 5.12. The minimum atomic E-state index is 0.811. The van der Waals surface area contributed by atoms with E-state index in [1.165, 1.54) is 49.8 Å². The van der Waals surface area contributed by atoms with E-state index in [-0.39, 0.29) is 0 Å². The smallest absolute Gasteiger partial charge is 0.191 e. The number of hydrogen-bond acceptors (Lipinski definition) is 2. The van der Waals surface area contributed by atoms with Gasteiger partial charge in [0.2, 0.25) is 0 Å². The Morgan fingerprint density at radius 2 is 1.78 bits per heavy atom. The second-order valence-electron chi connectivity index (χ2n) is 6.41. The van der Waals surface area contributed by atoms with Gasteiger partial charge in [0.15, 0.2) is 5.96 Å². The van der Waals surface area contributed by atoms with Crippen molar-refractivity contribution in [2.45, 2.75) is 45.6 Å². The zero-order valence-corrected chi connectivity index (χ0v) is 15.4. The maximum absolute atomic E-state index is 4.28. The highest BCUT2D eigenvalue weighted by molar-refractivity contribution is 5.79. The molecule has 0 aromatic heterocycles. The van der Waals surface area contributed by atoms with Crippen molar-refractivity contribution in [1.82, 2.24) is 15.5 Å². The van der Waals surface area contributed by atoms with Crippen molar-refractivity contribution < 1.29 is 0 Å². The fourth-order valence-electron chi connectivity index (χ4n) is 2.52. The van der Waals surface area contributed by atoms with Gasteiger partial charge >= 0.3 is 0 Å². The predicted octanol–water partition coefficient (Wildman–Crippen LogP) is 3.17. The molecule has 0 atom stereocenters. The molecule has 0 unspecified atom stereocenters. The molecule has 23 heavy (non-hydrogen) atoms. The van der Waals surface area contributed by atoms with Crippen molar-refractivity contribution in [2.75, 3.05) is 34.2 Å². The van der Waals surface area contributed by atoms with E-state index in [2.05, 4.69) is 65.8 Å². The van der Waals surface area contributed by atoms with Crippen LogP contribution in [0.3, 0.4) is 0 Å². The molecule has 0 heterocycles. The van der Waals surface area contributed by atoms with E-state index in [1.807, 2.05) is 7.05 Å². The molecule has 1 aromatic carbocycles. The number of unbranched alkanes of at least 4 members (excludes halogenated alkanes) is 4. The van der Waals surface area contributed by atoms with Gasteiger partial charge in [0.05, 0.1) is 0 Å². The van der Waals surface area contributed by atoms with E-state index in [9.17, 15) is 0 Å². The Balaban J connectivity index is 2.08.